The van der Waals surface area contributed by atoms with Crippen LogP contribution >= 0.6 is 23.2 Å². The Balaban J connectivity index is 2.43. The Hall–Kier alpha value is -2.29. The maximum Gasteiger partial charge on any atom is 0.244 e. The van der Waals surface area contributed by atoms with Crippen LogP contribution in [0.25, 0.3) is 0 Å². The smallest absolute Gasteiger partial charge is 0.244 e. The average molecular weight is 514 g/mol. The van der Waals surface area contributed by atoms with Crippen molar-refractivity contribution in [1.82, 2.24) is 10.2 Å². The lowest BCUT2D eigenvalue weighted by Gasteiger charge is -2.32. The number of nitrogens with one attached hydrogen (secondary N) is 1. The van der Waals surface area contributed by atoms with E-state index in [9.17, 15) is 18.0 Å². The average Bonchev–Trinajstić information content (AvgIpc) is 2.75. The van der Waals surface area contributed by atoms with E-state index in [1.54, 1.807) is 6.92 Å². The quantitative estimate of drug-likeness (QED) is 0.519. The number of halogens is 2. The number of anilines is 1. The summed E-state index contributed by atoms with van der Waals surface area (Å²) in [6, 6.07) is 11.1. The van der Waals surface area contributed by atoms with Gasteiger partial charge in [0.15, 0.2) is 0 Å². The fraction of sp³-hybridized carbons (Fsp3) is 0.391. The summed E-state index contributed by atoms with van der Waals surface area (Å²) >= 11 is 12.3. The first kappa shape index (κ1) is 27.0. The fourth-order valence-corrected chi connectivity index (χ4v) is 4.51. The Bertz CT molecular complexity index is 1110. The van der Waals surface area contributed by atoms with Crippen molar-refractivity contribution >= 4 is 50.7 Å². The molecule has 0 aromatic heterocycles. The Morgan fingerprint density at radius 3 is 2.39 bits per heavy atom. The summed E-state index contributed by atoms with van der Waals surface area (Å²) in [4.78, 5) is 27.5. The largest absolute Gasteiger partial charge is 0.354 e. The summed E-state index contributed by atoms with van der Waals surface area (Å²) in [5.41, 5.74) is 1.90. The minimum absolute atomic E-state index is 0.0962. The van der Waals surface area contributed by atoms with Crippen LogP contribution in [0.4, 0.5) is 5.69 Å². The van der Waals surface area contributed by atoms with Crippen molar-refractivity contribution in [3.63, 3.8) is 0 Å². The van der Waals surface area contributed by atoms with Gasteiger partial charge < -0.3 is 10.2 Å². The lowest BCUT2D eigenvalue weighted by Crippen LogP contribution is -2.51. The van der Waals surface area contributed by atoms with E-state index in [1.807, 2.05) is 38.1 Å². The molecule has 0 radical (unpaired) electrons. The molecule has 0 aliphatic carbocycles. The molecule has 0 spiro atoms. The number of rotatable bonds is 10. The predicted molar refractivity (Wildman–Crippen MR) is 133 cm³/mol. The number of sulfonamides is 1. The molecule has 0 saturated carbocycles. The molecular weight excluding hydrogens is 485 g/mol. The number of carbonyl (C=O) groups excluding carboxylic acids is 2. The summed E-state index contributed by atoms with van der Waals surface area (Å²) in [5, 5.41) is 3.21. The van der Waals surface area contributed by atoms with E-state index >= 15 is 0 Å². The highest BCUT2D eigenvalue weighted by Gasteiger charge is 2.31. The zero-order valence-corrected chi connectivity index (χ0v) is 21.5. The molecule has 0 heterocycles. The molecule has 1 atom stereocenters. The third-order valence-electron chi connectivity index (χ3n) is 5.17. The Morgan fingerprint density at radius 2 is 1.79 bits per heavy atom. The first-order valence-electron chi connectivity index (χ1n) is 10.5. The van der Waals surface area contributed by atoms with Crippen LogP contribution in [-0.4, -0.2) is 50.5 Å². The number of amides is 2. The summed E-state index contributed by atoms with van der Waals surface area (Å²) in [7, 11) is -3.88. The monoisotopic (exact) mass is 513 g/mol. The van der Waals surface area contributed by atoms with Gasteiger partial charge in [0.1, 0.15) is 12.6 Å². The minimum Gasteiger partial charge on any atom is -0.354 e. The highest BCUT2D eigenvalue weighted by molar-refractivity contribution is 7.92. The fourth-order valence-electron chi connectivity index (χ4n) is 3.22. The summed E-state index contributed by atoms with van der Waals surface area (Å²) in [6.07, 6.45) is 1.74. The van der Waals surface area contributed by atoms with Gasteiger partial charge in [-0.3, -0.25) is 13.9 Å². The predicted octanol–water partition coefficient (Wildman–Crippen LogP) is 4.01. The molecule has 0 aliphatic heterocycles. The topological polar surface area (TPSA) is 86.8 Å². The van der Waals surface area contributed by atoms with Gasteiger partial charge in [-0.1, -0.05) is 54.4 Å². The van der Waals surface area contributed by atoms with E-state index in [0.29, 0.717) is 6.54 Å². The van der Waals surface area contributed by atoms with Crippen LogP contribution in [0.5, 0.6) is 0 Å². The van der Waals surface area contributed by atoms with E-state index in [-0.39, 0.29) is 28.2 Å². The number of hydrogen-bond donors (Lipinski definition) is 1. The van der Waals surface area contributed by atoms with E-state index in [0.717, 1.165) is 28.1 Å². The van der Waals surface area contributed by atoms with Crippen LogP contribution in [-0.2, 0) is 26.2 Å². The van der Waals surface area contributed by atoms with Gasteiger partial charge in [-0.25, -0.2) is 8.42 Å². The zero-order chi connectivity index (χ0) is 24.8. The first-order valence-corrected chi connectivity index (χ1v) is 13.1. The van der Waals surface area contributed by atoms with Gasteiger partial charge in [0, 0.05) is 18.1 Å². The molecule has 0 fully saturated rings. The Kier molecular flexibility index (Phi) is 9.57. The lowest BCUT2D eigenvalue weighted by molar-refractivity contribution is -0.139. The summed E-state index contributed by atoms with van der Waals surface area (Å²) < 4.78 is 26.1. The zero-order valence-electron chi connectivity index (χ0n) is 19.1. The van der Waals surface area contributed by atoms with Gasteiger partial charge in [0.05, 0.1) is 17.0 Å². The van der Waals surface area contributed by atoms with E-state index in [4.69, 9.17) is 23.2 Å². The second-order valence-electron chi connectivity index (χ2n) is 7.78. The van der Waals surface area contributed by atoms with Crippen LogP contribution in [0.2, 0.25) is 10.0 Å². The van der Waals surface area contributed by atoms with E-state index < -0.39 is 28.5 Å². The molecule has 2 rings (SSSR count). The summed E-state index contributed by atoms with van der Waals surface area (Å²) in [6.45, 7) is 5.55. The lowest BCUT2D eigenvalue weighted by atomic mass is 10.1. The highest BCUT2D eigenvalue weighted by Crippen LogP contribution is 2.31. The molecular formula is C23H29Cl2N3O4S. The number of hydrogen-bond acceptors (Lipinski definition) is 4. The number of benzene rings is 2. The van der Waals surface area contributed by atoms with Crippen molar-refractivity contribution in [2.24, 2.45) is 0 Å². The van der Waals surface area contributed by atoms with E-state index in [1.165, 1.54) is 23.1 Å². The molecule has 2 amide bonds. The molecule has 0 saturated heterocycles. The first-order chi connectivity index (χ1) is 15.5. The van der Waals surface area contributed by atoms with Crippen molar-refractivity contribution in [2.45, 2.75) is 39.8 Å². The van der Waals surface area contributed by atoms with Crippen LogP contribution in [0, 0.1) is 6.92 Å². The molecule has 2 aromatic carbocycles. The van der Waals surface area contributed by atoms with Crippen molar-refractivity contribution in [3.8, 4) is 0 Å². The van der Waals surface area contributed by atoms with Crippen molar-refractivity contribution in [3.05, 3.63) is 63.6 Å². The van der Waals surface area contributed by atoms with Gasteiger partial charge >= 0.3 is 0 Å². The maximum absolute atomic E-state index is 13.5. The van der Waals surface area contributed by atoms with Gasteiger partial charge in [0.25, 0.3) is 0 Å². The molecule has 1 N–H and O–H groups in total. The number of carbonyl (C=O) groups is 2. The SMILES string of the molecule is CCCNC(=O)[C@@H](C)N(Cc1ccccc1C)C(=O)CN(c1cc(Cl)ccc1Cl)S(C)(=O)=O. The van der Waals surface area contributed by atoms with Crippen LogP contribution in [0.3, 0.4) is 0 Å². The van der Waals surface area contributed by atoms with Crippen molar-refractivity contribution in [2.75, 3.05) is 23.7 Å². The number of nitrogens with zero attached hydrogens (tertiary/aromatic N) is 2. The van der Waals surface area contributed by atoms with Crippen LogP contribution < -0.4 is 9.62 Å². The molecule has 0 unspecified atom stereocenters. The van der Waals surface area contributed by atoms with Crippen molar-refractivity contribution < 1.29 is 18.0 Å². The Morgan fingerprint density at radius 1 is 1.12 bits per heavy atom. The van der Waals surface area contributed by atoms with Gasteiger partial charge in [0.2, 0.25) is 21.8 Å². The van der Waals surface area contributed by atoms with Crippen LogP contribution in [0.1, 0.15) is 31.4 Å². The second-order valence-corrected chi connectivity index (χ2v) is 10.5. The highest BCUT2D eigenvalue weighted by atomic mass is 35.5. The Labute approximate surface area is 205 Å². The molecule has 10 heteroatoms. The summed E-state index contributed by atoms with van der Waals surface area (Å²) in [5.74, 6) is -0.857. The molecule has 33 heavy (non-hydrogen) atoms. The minimum atomic E-state index is -3.88. The maximum atomic E-state index is 13.5. The van der Waals surface area contributed by atoms with Gasteiger partial charge in [-0.15, -0.1) is 0 Å². The molecule has 0 bridgehead atoms. The number of aryl methyl sites for hydroxylation is 1. The standard InChI is InChI=1S/C23H29Cl2N3O4S/c1-5-12-26-23(30)17(3)27(14-18-9-7-6-8-16(18)2)22(29)15-28(33(4,31)32)21-13-19(24)10-11-20(21)25/h6-11,13,17H,5,12,14-15H2,1-4H3,(H,26,30)/t17-/m1/s1. The normalized spacial score (nSPS) is 12.2. The third-order valence-corrected chi connectivity index (χ3v) is 6.86. The molecule has 0 aliphatic rings. The molecule has 2 aromatic rings. The van der Waals surface area contributed by atoms with Crippen molar-refractivity contribution in [1.29, 1.82) is 0 Å². The van der Waals surface area contributed by atoms with Gasteiger partial charge in [-0.05, 0) is 49.6 Å². The third kappa shape index (κ3) is 7.35. The molecule has 180 valence electrons. The van der Waals surface area contributed by atoms with Crippen LogP contribution in [0.15, 0.2) is 42.5 Å². The van der Waals surface area contributed by atoms with E-state index in [2.05, 4.69) is 5.32 Å². The van der Waals surface area contributed by atoms with Gasteiger partial charge in [-0.2, -0.15) is 0 Å². The molecule has 7 nitrogen and oxygen atoms in total. The second kappa shape index (κ2) is 11.7.